The van der Waals surface area contributed by atoms with Crippen molar-refractivity contribution in [1.82, 2.24) is 5.32 Å². The van der Waals surface area contributed by atoms with Crippen molar-refractivity contribution < 1.29 is 9.53 Å². The van der Waals surface area contributed by atoms with Gasteiger partial charge in [0.1, 0.15) is 11.2 Å². The van der Waals surface area contributed by atoms with Crippen LogP contribution in [0.5, 0.6) is 0 Å². The van der Waals surface area contributed by atoms with Crippen LogP contribution in [0, 0.1) is 5.41 Å². The van der Waals surface area contributed by atoms with Gasteiger partial charge in [-0.1, -0.05) is 0 Å². The maximum Gasteiger partial charge on any atom is 0.256 e. The lowest BCUT2D eigenvalue weighted by Crippen LogP contribution is -2.23. The Morgan fingerprint density at radius 2 is 2.00 bits per heavy atom. The molecule has 0 aromatic heterocycles. The summed E-state index contributed by atoms with van der Waals surface area (Å²) in [6, 6.07) is 0. The number of hydrogen-bond donors (Lipinski definition) is 2. The molecule has 2 N–H and O–H groups in total. The van der Waals surface area contributed by atoms with Crippen LogP contribution in [0.4, 0.5) is 0 Å². The van der Waals surface area contributed by atoms with Crippen LogP contribution in [0.3, 0.4) is 0 Å². The molecule has 5 heteroatoms. The number of amides is 1. The zero-order chi connectivity index (χ0) is 10.2. The molecule has 0 spiro atoms. The SMILES string of the molecule is CNC(=O)C1=C(C)C(C)(C)OC1=N.Cl. The Morgan fingerprint density at radius 1 is 1.50 bits per heavy atom. The molecule has 1 rings (SSSR count). The molecule has 0 unspecified atom stereocenters. The van der Waals surface area contributed by atoms with E-state index in [2.05, 4.69) is 5.32 Å². The van der Waals surface area contributed by atoms with Gasteiger partial charge in [0.25, 0.3) is 5.91 Å². The second-order valence-electron chi connectivity index (χ2n) is 3.52. The number of rotatable bonds is 1. The number of hydrogen-bond acceptors (Lipinski definition) is 3. The molecule has 0 aliphatic carbocycles. The molecular formula is C9H15ClN2O2. The van der Waals surface area contributed by atoms with Crippen LogP contribution in [0.1, 0.15) is 20.8 Å². The van der Waals surface area contributed by atoms with Crippen molar-refractivity contribution in [3.63, 3.8) is 0 Å². The molecule has 1 amide bonds. The van der Waals surface area contributed by atoms with E-state index in [0.29, 0.717) is 5.57 Å². The predicted molar refractivity (Wildman–Crippen MR) is 56.9 cm³/mol. The summed E-state index contributed by atoms with van der Waals surface area (Å²) in [4.78, 5) is 11.3. The first kappa shape index (κ1) is 13.0. The minimum absolute atomic E-state index is 0. The topological polar surface area (TPSA) is 62.2 Å². The smallest absolute Gasteiger partial charge is 0.256 e. The fraction of sp³-hybridized carbons (Fsp3) is 0.556. The number of carbonyl (C=O) groups excluding carboxylic acids is 1. The molecule has 0 radical (unpaired) electrons. The fourth-order valence-corrected chi connectivity index (χ4v) is 1.25. The predicted octanol–water partition coefficient (Wildman–Crippen LogP) is 1.26. The van der Waals surface area contributed by atoms with Crippen molar-refractivity contribution in [2.75, 3.05) is 7.05 Å². The highest BCUT2D eigenvalue weighted by atomic mass is 35.5. The van der Waals surface area contributed by atoms with Gasteiger partial charge >= 0.3 is 0 Å². The van der Waals surface area contributed by atoms with E-state index in [1.807, 2.05) is 20.8 Å². The van der Waals surface area contributed by atoms with Crippen LogP contribution < -0.4 is 5.32 Å². The molecule has 0 atom stereocenters. The monoisotopic (exact) mass is 218 g/mol. The van der Waals surface area contributed by atoms with E-state index < -0.39 is 5.60 Å². The van der Waals surface area contributed by atoms with Gasteiger partial charge in [0.2, 0.25) is 5.90 Å². The van der Waals surface area contributed by atoms with Crippen molar-refractivity contribution in [3.05, 3.63) is 11.1 Å². The molecule has 0 saturated carbocycles. The molecule has 0 saturated heterocycles. The zero-order valence-electron chi connectivity index (χ0n) is 8.72. The second kappa shape index (κ2) is 4.00. The van der Waals surface area contributed by atoms with Crippen molar-refractivity contribution in [2.45, 2.75) is 26.4 Å². The molecule has 4 nitrogen and oxygen atoms in total. The van der Waals surface area contributed by atoms with Gasteiger partial charge in [-0.25, -0.2) is 0 Å². The summed E-state index contributed by atoms with van der Waals surface area (Å²) in [5.41, 5.74) is 0.628. The van der Waals surface area contributed by atoms with Crippen molar-refractivity contribution in [3.8, 4) is 0 Å². The van der Waals surface area contributed by atoms with Crippen LogP contribution in [-0.2, 0) is 9.53 Å². The normalized spacial score (nSPS) is 18.7. The highest BCUT2D eigenvalue weighted by Gasteiger charge is 2.38. The average molecular weight is 219 g/mol. The first-order valence-corrected chi connectivity index (χ1v) is 4.11. The third-order valence-electron chi connectivity index (χ3n) is 2.32. The lowest BCUT2D eigenvalue weighted by molar-refractivity contribution is -0.116. The summed E-state index contributed by atoms with van der Waals surface area (Å²) in [5.74, 6) is -0.296. The first-order valence-electron chi connectivity index (χ1n) is 4.11. The third-order valence-corrected chi connectivity index (χ3v) is 2.32. The Morgan fingerprint density at radius 3 is 2.29 bits per heavy atom. The summed E-state index contributed by atoms with van der Waals surface area (Å²) < 4.78 is 5.24. The van der Waals surface area contributed by atoms with Gasteiger partial charge in [-0.2, -0.15) is 0 Å². The Labute approximate surface area is 89.6 Å². The lowest BCUT2D eigenvalue weighted by atomic mass is 9.97. The summed E-state index contributed by atoms with van der Waals surface area (Å²) in [6.45, 7) is 5.49. The van der Waals surface area contributed by atoms with Crippen LogP contribution in [0.2, 0.25) is 0 Å². The highest BCUT2D eigenvalue weighted by Crippen LogP contribution is 2.31. The number of nitrogens with one attached hydrogen (secondary N) is 2. The summed E-state index contributed by atoms with van der Waals surface area (Å²) in [7, 11) is 1.54. The van der Waals surface area contributed by atoms with E-state index in [4.69, 9.17) is 10.1 Å². The standard InChI is InChI=1S/C9H14N2O2.ClH/c1-5-6(8(12)11-4)7(10)13-9(5,2)3;/h10H,1-4H3,(H,11,12);1H. The van der Waals surface area contributed by atoms with E-state index in [9.17, 15) is 4.79 Å². The molecule has 14 heavy (non-hydrogen) atoms. The summed E-state index contributed by atoms with van der Waals surface area (Å²) in [5, 5.41) is 9.97. The van der Waals surface area contributed by atoms with Crippen molar-refractivity contribution >= 4 is 24.2 Å². The van der Waals surface area contributed by atoms with Gasteiger partial charge in [-0.05, 0) is 26.3 Å². The Kier molecular flexibility index (Phi) is 3.71. The van der Waals surface area contributed by atoms with E-state index in [0.717, 1.165) is 5.57 Å². The minimum Gasteiger partial charge on any atom is -0.467 e. The van der Waals surface area contributed by atoms with E-state index in [1.54, 1.807) is 7.05 Å². The van der Waals surface area contributed by atoms with Crippen molar-refractivity contribution in [1.29, 1.82) is 5.41 Å². The molecular weight excluding hydrogens is 204 g/mol. The summed E-state index contributed by atoms with van der Waals surface area (Å²) >= 11 is 0. The lowest BCUT2D eigenvalue weighted by Gasteiger charge is -2.18. The van der Waals surface area contributed by atoms with Crippen LogP contribution >= 0.6 is 12.4 Å². The molecule has 1 heterocycles. The van der Waals surface area contributed by atoms with Gasteiger partial charge in [0, 0.05) is 7.05 Å². The average Bonchev–Trinajstić information content (AvgIpc) is 2.21. The number of ether oxygens (including phenoxy) is 1. The van der Waals surface area contributed by atoms with E-state index in [-0.39, 0.29) is 24.2 Å². The van der Waals surface area contributed by atoms with Crippen molar-refractivity contribution in [2.24, 2.45) is 0 Å². The molecule has 80 valence electrons. The number of carbonyl (C=O) groups is 1. The first-order chi connectivity index (χ1) is 5.90. The third kappa shape index (κ3) is 1.90. The Hall–Kier alpha value is -1.03. The second-order valence-corrected chi connectivity index (χ2v) is 3.52. The van der Waals surface area contributed by atoms with Gasteiger partial charge < -0.3 is 10.1 Å². The van der Waals surface area contributed by atoms with Gasteiger partial charge in [0.15, 0.2) is 0 Å². The highest BCUT2D eigenvalue weighted by molar-refractivity contribution is 6.19. The molecule has 0 fully saturated rings. The number of likely N-dealkylation sites (N-methyl/N-ethyl adjacent to an activating group) is 1. The van der Waals surface area contributed by atoms with Gasteiger partial charge in [0.05, 0.1) is 0 Å². The molecule has 1 aliphatic heterocycles. The maximum absolute atomic E-state index is 11.3. The molecule has 0 aromatic carbocycles. The van der Waals surface area contributed by atoms with Crippen LogP contribution in [0.15, 0.2) is 11.1 Å². The van der Waals surface area contributed by atoms with E-state index >= 15 is 0 Å². The largest absolute Gasteiger partial charge is 0.467 e. The Balaban J connectivity index is 0.00000169. The zero-order valence-corrected chi connectivity index (χ0v) is 9.54. The van der Waals surface area contributed by atoms with Gasteiger partial charge in [-0.3, -0.25) is 10.2 Å². The molecule has 1 aliphatic rings. The maximum atomic E-state index is 11.3. The van der Waals surface area contributed by atoms with Gasteiger partial charge in [-0.15, -0.1) is 12.4 Å². The summed E-state index contributed by atoms with van der Waals surface area (Å²) in [6.07, 6.45) is 0. The fourth-order valence-electron chi connectivity index (χ4n) is 1.25. The van der Waals surface area contributed by atoms with Crippen LogP contribution in [-0.4, -0.2) is 24.5 Å². The Bertz CT molecular complexity index is 308. The molecule has 0 aromatic rings. The molecule has 0 bridgehead atoms. The number of halogens is 1. The van der Waals surface area contributed by atoms with E-state index in [1.165, 1.54) is 0 Å². The van der Waals surface area contributed by atoms with Crippen LogP contribution in [0.25, 0.3) is 0 Å². The quantitative estimate of drug-likeness (QED) is 0.696. The minimum atomic E-state index is -0.529.